The first-order valence-corrected chi connectivity index (χ1v) is 12.2. The summed E-state index contributed by atoms with van der Waals surface area (Å²) in [6.45, 7) is 2.46. The summed E-state index contributed by atoms with van der Waals surface area (Å²) in [7, 11) is -2.02. The monoisotopic (exact) mass is 464 g/mol. The van der Waals surface area contributed by atoms with Crippen molar-refractivity contribution < 1.29 is 17.6 Å². The average molecular weight is 465 g/mol. The maximum Gasteiger partial charge on any atom is 0.336 e. The maximum absolute atomic E-state index is 13.0. The van der Waals surface area contributed by atoms with Gasteiger partial charge in [-0.3, -0.25) is 4.90 Å². The molecule has 1 fully saturated rings. The predicted octanol–water partition coefficient (Wildman–Crippen LogP) is 3.46. The van der Waals surface area contributed by atoms with Crippen LogP contribution in [0.15, 0.2) is 80.8 Å². The maximum atomic E-state index is 13.0. The van der Waals surface area contributed by atoms with Gasteiger partial charge in [0.15, 0.2) is 0 Å². The van der Waals surface area contributed by atoms with E-state index in [1.165, 1.54) is 4.31 Å². The van der Waals surface area contributed by atoms with E-state index in [9.17, 15) is 13.2 Å². The van der Waals surface area contributed by atoms with E-state index >= 15 is 0 Å². The van der Waals surface area contributed by atoms with Gasteiger partial charge in [0.1, 0.15) is 11.3 Å². The van der Waals surface area contributed by atoms with Crippen molar-refractivity contribution in [1.29, 1.82) is 0 Å². The van der Waals surface area contributed by atoms with Gasteiger partial charge in [-0.2, -0.15) is 4.31 Å². The van der Waals surface area contributed by atoms with Gasteiger partial charge in [0, 0.05) is 44.2 Å². The standard InChI is InChI=1S/C25H24N2O5S/c1-31-20-7-9-21(10-8-20)33(29,30)27-14-12-26(13-15-27)17-19-16-24(28)32-23-11-6-18-4-2-3-5-22(18)25(19)23/h2-11,16H,12-15,17H2,1H3. The summed E-state index contributed by atoms with van der Waals surface area (Å²) in [5, 5.41) is 3.05. The van der Waals surface area contributed by atoms with Crippen LogP contribution >= 0.6 is 0 Å². The third-order valence-electron chi connectivity index (χ3n) is 6.14. The number of fused-ring (bicyclic) bond motifs is 3. The molecule has 1 saturated heterocycles. The SMILES string of the molecule is COc1ccc(S(=O)(=O)N2CCN(Cc3cc(=O)oc4ccc5ccccc5c34)CC2)cc1. The number of nitrogens with zero attached hydrogens (tertiary/aromatic N) is 2. The lowest BCUT2D eigenvalue weighted by Gasteiger charge is -2.34. The predicted molar refractivity (Wildman–Crippen MR) is 127 cm³/mol. The number of hydrogen-bond acceptors (Lipinski definition) is 6. The number of hydrogen-bond donors (Lipinski definition) is 0. The van der Waals surface area contributed by atoms with Crippen molar-refractivity contribution in [2.24, 2.45) is 0 Å². The smallest absolute Gasteiger partial charge is 0.336 e. The molecule has 0 amide bonds. The van der Waals surface area contributed by atoms with Gasteiger partial charge in [0.2, 0.25) is 10.0 Å². The molecule has 0 unspecified atom stereocenters. The average Bonchev–Trinajstić information content (AvgIpc) is 2.84. The van der Waals surface area contributed by atoms with Crippen LogP contribution in [0.2, 0.25) is 0 Å². The van der Waals surface area contributed by atoms with Gasteiger partial charge in [0.05, 0.1) is 12.0 Å². The molecule has 0 N–H and O–H groups in total. The van der Waals surface area contributed by atoms with E-state index in [-0.39, 0.29) is 10.5 Å². The quantitative estimate of drug-likeness (QED) is 0.332. The first-order chi connectivity index (χ1) is 16.0. The highest BCUT2D eigenvalue weighted by atomic mass is 32.2. The molecule has 5 rings (SSSR count). The molecule has 0 radical (unpaired) electrons. The molecular weight excluding hydrogens is 440 g/mol. The Morgan fingerprint density at radius 1 is 0.939 bits per heavy atom. The van der Waals surface area contributed by atoms with Crippen molar-refractivity contribution in [2.75, 3.05) is 33.3 Å². The fourth-order valence-corrected chi connectivity index (χ4v) is 5.83. The molecule has 0 aliphatic carbocycles. The minimum atomic E-state index is -3.57. The van der Waals surface area contributed by atoms with E-state index in [2.05, 4.69) is 4.90 Å². The van der Waals surface area contributed by atoms with Crippen LogP contribution in [0.1, 0.15) is 5.56 Å². The Kier molecular flexibility index (Phi) is 5.65. The molecule has 0 spiro atoms. The van der Waals surface area contributed by atoms with E-state index in [0.717, 1.165) is 21.7 Å². The molecule has 1 aliphatic rings. The van der Waals surface area contributed by atoms with Crippen molar-refractivity contribution in [1.82, 2.24) is 9.21 Å². The van der Waals surface area contributed by atoms with Crippen molar-refractivity contribution in [3.63, 3.8) is 0 Å². The van der Waals surface area contributed by atoms with E-state index in [4.69, 9.17) is 9.15 Å². The number of benzene rings is 3. The topological polar surface area (TPSA) is 80.1 Å². The highest BCUT2D eigenvalue weighted by Crippen LogP contribution is 2.28. The van der Waals surface area contributed by atoms with Crippen LogP contribution in [0, 0.1) is 0 Å². The second-order valence-corrected chi connectivity index (χ2v) is 10.0. The molecule has 0 bridgehead atoms. The van der Waals surface area contributed by atoms with Gasteiger partial charge in [0.25, 0.3) is 0 Å². The lowest BCUT2D eigenvalue weighted by atomic mass is 10.0. The summed E-state index contributed by atoms with van der Waals surface area (Å²) < 4.78 is 38.1. The molecule has 0 atom stereocenters. The van der Waals surface area contributed by atoms with Crippen molar-refractivity contribution in [3.8, 4) is 5.75 Å². The molecule has 4 aromatic rings. The number of sulfonamides is 1. The Balaban J connectivity index is 1.37. The van der Waals surface area contributed by atoms with Crippen LogP contribution in [0.3, 0.4) is 0 Å². The molecule has 0 saturated carbocycles. The van der Waals surface area contributed by atoms with Gasteiger partial charge < -0.3 is 9.15 Å². The number of ether oxygens (including phenoxy) is 1. The molecule has 33 heavy (non-hydrogen) atoms. The number of rotatable bonds is 5. The van der Waals surface area contributed by atoms with Crippen molar-refractivity contribution >= 4 is 31.8 Å². The first kappa shape index (κ1) is 21.6. The fourth-order valence-electron chi connectivity index (χ4n) is 4.41. The van der Waals surface area contributed by atoms with E-state index < -0.39 is 10.0 Å². The van der Waals surface area contributed by atoms with Crippen LogP contribution in [0.4, 0.5) is 0 Å². The molecule has 2 heterocycles. The molecule has 1 aromatic heterocycles. The minimum Gasteiger partial charge on any atom is -0.497 e. The van der Waals surface area contributed by atoms with E-state index in [0.29, 0.717) is 44.1 Å². The van der Waals surface area contributed by atoms with Gasteiger partial charge in [-0.15, -0.1) is 0 Å². The molecule has 1 aliphatic heterocycles. The highest BCUT2D eigenvalue weighted by Gasteiger charge is 2.29. The van der Waals surface area contributed by atoms with Crippen LogP contribution in [-0.4, -0.2) is 50.9 Å². The largest absolute Gasteiger partial charge is 0.497 e. The lowest BCUT2D eigenvalue weighted by Crippen LogP contribution is -2.48. The molecule has 170 valence electrons. The number of piperazine rings is 1. The van der Waals surface area contributed by atoms with Crippen LogP contribution in [-0.2, 0) is 16.6 Å². The number of methoxy groups -OCH3 is 1. The zero-order valence-corrected chi connectivity index (χ0v) is 19.0. The Morgan fingerprint density at radius 2 is 1.67 bits per heavy atom. The second-order valence-electron chi connectivity index (χ2n) is 8.11. The Bertz CT molecular complexity index is 1470. The van der Waals surface area contributed by atoms with E-state index in [1.54, 1.807) is 37.4 Å². The summed E-state index contributed by atoms with van der Waals surface area (Å²) >= 11 is 0. The molecular formula is C25H24N2O5S. The zero-order valence-electron chi connectivity index (χ0n) is 18.2. The van der Waals surface area contributed by atoms with Crippen molar-refractivity contribution in [3.05, 3.63) is 82.7 Å². The van der Waals surface area contributed by atoms with Gasteiger partial charge in [-0.25, -0.2) is 13.2 Å². The lowest BCUT2D eigenvalue weighted by molar-refractivity contribution is 0.182. The van der Waals surface area contributed by atoms with Crippen molar-refractivity contribution in [2.45, 2.75) is 11.4 Å². The van der Waals surface area contributed by atoms with E-state index in [1.807, 2.05) is 36.4 Å². The highest BCUT2D eigenvalue weighted by molar-refractivity contribution is 7.89. The van der Waals surface area contributed by atoms with Crippen LogP contribution in [0.25, 0.3) is 21.7 Å². The van der Waals surface area contributed by atoms with Gasteiger partial charge in [-0.1, -0.05) is 30.3 Å². The molecule has 3 aromatic carbocycles. The Labute approximate surface area is 191 Å². The molecule has 7 nitrogen and oxygen atoms in total. The summed E-state index contributed by atoms with van der Waals surface area (Å²) in [6.07, 6.45) is 0. The van der Waals surface area contributed by atoms with Crippen LogP contribution in [0.5, 0.6) is 5.75 Å². The normalized spacial score (nSPS) is 15.8. The van der Waals surface area contributed by atoms with Gasteiger partial charge >= 0.3 is 5.63 Å². The first-order valence-electron chi connectivity index (χ1n) is 10.8. The Morgan fingerprint density at radius 3 is 2.39 bits per heavy atom. The third-order valence-corrected chi connectivity index (χ3v) is 8.05. The second kappa shape index (κ2) is 8.62. The minimum absolute atomic E-state index is 0.259. The summed E-state index contributed by atoms with van der Waals surface area (Å²) in [5.74, 6) is 0.617. The fraction of sp³-hybridized carbons (Fsp3) is 0.240. The molecule has 8 heteroatoms. The van der Waals surface area contributed by atoms with Gasteiger partial charge in [-0.05, 0) is 46.7 Å². The summed E-state index contributed by atoms with van der Waals surface area (Å²) in [4.78, 5) is 14.6. The third kappa shape index (κ3) is 4.13. The van der Waals surface area contributed by atoms with Crippen LogP contribution < -0.4 is 10.4 Å². The zero-order chi connectivity index (χ0) is 23.0. The summed E-state index contributed by atoms with van der Waals surface area (Å²) in [6, 6.07) is 19.8. The Hall–Kier alpha value is -3.20. The summed E-state index contributed by atoms with van der Waals surface area (Å²) in [5.41, 5.74) is 1.08.